The molecule has 6 nitrogen and oxygen atoms in total. The van der Waals surface area contributed by atoms with Gasteiger partial charge in [0.25, 0.3) is 11.6 Å². The number of carbonyl (C=O) groups is 1. The predicted octanol–water partition coefficient (Wildman–Crippen LogP) is 2.47. The van der Waals surface area contributed by atoms with E-state index in [0.29, 0.717) is 0 Å². The zero-order chi connectivity index (χ0) is 17.7. The molecule has 0 aliphatic rings. The van der Waals surface area contributed by atoms with Gasteiger partial charge in [0.2, 0.25) is 0 Å². The van der Waals surface area contributed by atoms with Crippen LogP contribution in [-0.4, -0.2) is 17.4 Å². The molecule has 1 amide bonds. The van der Waals surface area contributed by atoms with Gasteiger partial charge in [-0.1, -0.05) is 30.3 Å². The van der Waals surface area contributed by atoms with Gasteiger partial charge in [-0.05, 0) is 38.0 Å². The van der Waals surface area contributed by atoms with Gasteiger partial charge < -0.3 is 10.6 Å². The highest BCUT2D eigenvalue weighted by atomic mass is 16.6. The molecule has 0 bridgehead atoms. The maximum atomic E-state index is 12.2. The van der Waals surface area contributed by atoms with E-state index < -0.39 is 4.92 Å². The van der Waals surface area contributed by atoms with Crippen molar-refractivity contribution in [2.75, 3.05) is 11.9 Å². The van der Waals surface area contributed by atoms with Gasteiger partial charge in [-0.25, -0.2) is 0 Å². The van der Waals surface area contributed by atoms with Gasteiger partial charge in [0.15, 0.2) is 6.54 Å². The van der Waals surface area contributed by atoms with Crippen LogP contribution in [0.25, 0.3) is 0 Å². The van der Waals surface area contributed by atoms with Crippen LogP contribution < -0.4 is 10.6 Å². The Kier molecular flexibility index (Phi) is 5.65. The SMILES string of the molecule is Cc1cc(NC(=O)C[NH2+][C@@H](C)c2ccccc2)c([N+](=O)[O-])cc1C. The van der Waals surface area contributed by atoms with Crippen LogP contribution in [0.2, 0.25) is 0 Å². The van der Waals surface area contributed by atoms with Crippen molar-refractivity contribution in [3.8, 4) is 0 Å². The monoisotopic (exact) mass is 328 g/mol. The number of amides is 1. The third kappa shape index (κ3) is 4.39. The quantitative estimate of drug-likeness (QED) is 0.630. The first kappa shape index (κ1) is 17.6. The minimum Gasteiger partial charge on any atom is -0.333 e. The number of quaternary nitrogens is 1. The van der Waals surface area contributed by atoms with Crippen molar-refractivity contribution in [3.05, 3.63) is 69.3 Å². The maximum Gasteiger partial charge on any atom is 0.293 e. The van der Waals surface area contributed by atoms with Crippen LogP contribution in [0.5, 0.6) is 0 Å². The van der Waals surface area contributed by atoms with Gasteiger partial charge in [0, 0.05) is 11.6 Å². The molecule has 24 heavy (non-hydrogen) atoms. The molecule has 0 aliphatic carbocycles. The first-order chi connectivity index (χ1) is 11.4. The Morgan fingerprint density at radius 1 is 1.21 bits per heavy atom. The average Bonchev–Trinajstić information content (AvgIpc) is 2.56. The topological polar surface area (TPSA) is 88.8 Å². The molecule has 2 aromatic rings. The van der Waals surface area contributed by atoms with Crippen LogP contribution in [0.1, 0.15) is 29.7 Å². The van der Waals surface area contributed by atoms with Gasteiger partial charge in [-0.3, -0.25) is 14.9 Å². The Balaban J connectivity index is 2.02. The molecular formula is C18H22N3O3+. The first-order valence-electron chi connectivity index (χ1n) is 7.82. The van der Waals surface area contributed by atoms with E-state index in [2.05, 4.69) is 5.32 Å². The molecule has 0 spiro atoms. The Morgan fingerprint density at radius 2 is 1.83 bits per heavy atom. The molecule has 2 rings (SSSR count). The summed E-state index contributed by atoms with van der Waals surface area (Å²) in [5.41, 5.74) is 3.01. The molecule has 0 unspecified atom stereocenters. The fourth-order valence-corrected chi connectivity index (χ4v) is 2.43. The summed E-state index contributed by atoms with van der Waals surface area (Å²) >= 11 is 0. The summed E-state index contributed by atoms with van der Waals surface area (Å²) in [6.45, 7) is 5.88. The largest absolute Gasteiger partial charge is 0.333 e. The molecular weight excluding hydrogens is 306 g/mol. The van der Waals surface area contributed by atoms with E-state index in [1.54, 1.807) is 6.07 Å². The molecule has 0 heterocycles. The molecule has 2 aromatic carbocycles. The van der Waals surface area contributed by atoms with E-state index in [4.69, 9.17) is 0 Å². The Bertz CT molecular complexity index is 745. The zero-order valence-electron chi connectivity index (χ0n) is 14.1. The molecule has 0 saturated heterocycles. The van der Waals surface area contributed by atoms with E-state index in [1.165, 1.54) is 6.07 Å². The molecule has 3 N–H and O–H groups in total. The summed E-state index contributed by atoms with van der Waals surface area (Å²) in [4.78, 5) is 22.8. The maximum absolute atomic E-state index is 12.2. The Labute approximate surface area is 141 Å². The van der Waals surface area contributed by atoms with E-state index in [-0.39, 0.29) is 29.9 Å². The van der Waals surface area contributed by atoms with Gasteiger partial charge >= 0.3 is 0 Å². The molecule has 0 radical (unpaired) electrons. The number of benzene rings is 2. The van der Waals surface area contributed by atoms with Crippen molar-refractivity contribution in [2.24, 2.45) is 0 Å². The van der Waals surface area contributed by atoms with Gasteiger partial charge in [-0.15, -0.1) is 0 Å². The predicted molar refractivity (Wildman–Crippen MR) is 92.8 cm³/mol. The van der Waals surface area contributed by atoms with E-state index in [0.717, 1.165) is 16.7 Å². The van der Waals surface area contributed by atoms with E-state index >= 15 is 0 Å². The Hall–Kier alpha value is -2.73. The molecule has 6 heteroatoms. The van der Waals surface area contributed by atoms with Crippen molar-refractivity contribution in [1.82, 2.24) is 0 Å². The minimum atomic E-state index is -0.474. The third-order valence-electron chi connectivity index (χ3n) is 4.06. The normalized spacial score (nSPS) is 11.8. The lowest BCUT2D eigenvalue weighted by atomic mass is 10.1. The average molecular weight is 328 g/mol. The molecule has 0 aliphatic heterocycles. The molecule has 1 atom stereocenters. The van der Waals surface area contributed by atoms with Gasteiger partial charge in [0.05, 0.1) is 4.92 Å². The van der Waals surface area contributed by atoms with Crippen molar-refractivity contribution in [1.29, 1.82) is 0 Å². The second kappa shape index (κ2) is 7.70. The Morgan fingerprint density at radius 3 is 2.46 bits per heavy atom. The van der Waals surface area contributed by atoms with Crippen LogP contribution in [0.3, 0.4) is 0 Å². The van der Waals surface area contributed by atoms with Gasteiger partial charge in [-0.2, -0.15) is 0 Å². The number of aryl methyl sites for hydroxylation is 2. The second-order valence-electron chi connectivity index (χ2n) is 5.90. The number of nitrogens with two attached hydrogens (primary N) is 1. The van der Waals surface area contributed by atoms with Crippen molar-refractivity contribution in [2.45, 2.75) is 26.8 Å². The van der Waals surface area contributed by atoms with Crippen molar-refractivity contribution >= 4 is 17.3 Å². The fraction of sp³-hybridized carbons (Fsp3) is 0.278. The van der Waals surface area contributed by atoms with Crippen LogP contribution in [-0.2, 0) is 4.79 Å². The standard InChI is InChI=1S/C18H21N3O3/c1-12-9-16(17(21(23)24)10-13(12)2)20-18(22)11-19-14(3)15-7-5-4-6-8-15/h4-10,14,19H,11H2,1-3H3,(H,20,22)/p+1/t14-/m0/s1. The number of hydrogen-bond acceptors (Lipinski definition) is 3. The summed E-state index contributed by atoms with van der Waals surface area (Å²) < 4.78 is 0. The number of nitro benzene ring substituents is 1. The van der Waals surface area contributed by atoms with Crippen molar-refractivity contribution < 1.29 is 15.0 Å². The number of rotatable bonds is 6. The van der Waals surface area contributed by atoms with Crippen LogP contribution >= 0.6 is 0 Å². The minimum absolute atomic E-state index is 0.0810. The van der Waals surface area contributed by atoms with E-state index in [9.17, 15) is 14.9 Å². The van der Waals surface area contributed by atoms with E-state index in [1.807, 2.05) is 56.4 Å². The number of carbonyl (C=O) groups excluding carboxylic acids is 1. The lowest BCUT2D eigenvalue weighted by molar-refractivity contribution is -0.682. The molecule has 0 aromatic heterocycles. The lowest BCUT2D eigenvalue weighted by Gasteiger charge is -2.12. The van der Waals surface area contributed by atoms with Crippen LogP contribution in [0, 0.1) is 24.0 Å². The molecule has 0 fully saturated rings. The number of nitrogens with one attached hydrogen (secondary N) is 1. The van der Waals surface area contributed by atoms with Crippen LogP contribution in [0.15, 0.2) is 42.5 Å². The number of nitrogens with zero attached hydrogens (tertiary/aromatic N) is 1. The van der Waals surface area contributed by atoms with Gasteiger partial charge in [0.1, 0.15) is 11.7 Å². The summed E-state index contributed by atoms with van der Waals surface area (Å²) in [5.74, 6) is -0.260. The number of anilines is 1. The lowest BCUT2D eigenvalue weighted by Crippen LogP contribution is -2.86. The van der Waals surface area contributed by atoms with Crippen molar-refractivity contribution in [3.63, 3.8) is 0 Å². The summed E-state index contributed by atoms with van der Waals surface area (Å²) in [6, 6.07) is 13.1. The van der Waals surface area contributed by atoms with Crippen LogP contribution in [0.4, 0.5) is 11.4 Å². The fourth-order valence-electron chi connectivity index (χ4n) is 2.43. The molecule has 0 saturated carbocycles. The summed E-state index contributed by atoms with van der Waals surface area (Å²) in [5, 5.41) is 15.7. The number of hydrogen-bond donors (Lipinski definition) is 2. The molecule has 126 valence electrons. The highest BCUT2D eigenvalue weighted by Crippen LogP contribution is 2.27. The smallest absolute Gasteiger partial charge is 0.293 e. The highest BCUT2D eigenvalue weighted by molar-refractivity contribution is 5.93. The summed E-state index contributed by atoms with van der Waals surface area (Å²) in [7, 11) is 0. The zero-order valence-corrected chi connectivity index (χ0v) is 14.1. The second-order valence-corrected chi connectivity index (χ2v) is 5.90. The third-order valence-corrected chi connectivity index (χ3v) is 4.06. The summed E-state index contributed by atoms with van der Waals surface area (Å²) in [6.07, 6.45) is 0. The highest BCUT2D eigenvalue weighted by Gasteiger charge is 2.19. The first-order valence-corrected chi connectivity index (χ1v) is 7.82. The number of nitro groups is 1.